The topological polar surface area (TPSA) is 90.2 Å². The first-order chi connectivity index (χ1) is 11.2. The van der Waals surface area contributed by atoms with Crippen LogP contribution in [-0.4, -0.2) is 15.7 Å². The molecule has 1 aromatic heterocycles. The number of hydrogen-bond donors (Lipinski definition) is 2. The van der Waals surface area contributed by atoms with Gasteiger partial charge in [-0.3, -0.25) is 0 Å². The molecular formula is C18H15N5. The Morgan fingerprint density at radius 3 is 2.39 bits per heavy atom. The minimum Gasteiger partial charge on any atom is -0.383 e. The molecule has 0 saturated heterocycles. The van der Waals surface area contributed by atoms with E-state index in [1.807, 2.05) is 42.5 Å². The van der Waals surface area contributed by atoms with Crippen molar-refractivity contribution in [1.82, 2.24) is 9.97 Å². The van der Waals surface area contributed by atoms with Crippen LogP contribution in [0.4, 0.5) is 17.6 Å². The Hall–Kier alpha value is -3.21. The number of anilines is 2. The average Bonchev–Trinajstić information content (AvgIpc) is 2.73. The average molecular weight is 301 g/mol. The van der Waals surface area contributed by atoms with Crippen molar-refractivity contribution in [3.63, 3.8) is 0 Å². The van der Waals surface area contributed by atoms with Crippen LogP contribution in [-0.2, 0) is 6.42 Å². The van der Waals surface area contributed by atoms with Crippen molar-refractivity contribution < 1.29 is 0 Å². The van der Waals surface area contributed by atoms with Crippen LogP contribution in [0.3, 0.4) is 0 Å². The summed E-state index contributed by atoms with van der Waals surface area (Å²) >= 11 is 0. The van der Waals surface area contributed by atoms with Crippen LogP contribution < -0.4 is 11.5 Å². The lowest BCUT2D eigenvalue weighted by atomic mass is 9.95. The number of fused-ring (bicyclic) bond motifs is 2. The number of hydrogen-bond acceptors (Lipinski definition) is 5. The molecule has 23 heavy (non-hydrogen) atoms. The first-order valence-corrected chi connectivity index (χ1v) is 7.36. The summed E-state index contributed by atoms with van der Waals surface area (Å²) in [6.07, 6.45) is 0.636. The van der Waals surface area contributed by atoms with Crippen LogP contribution in [0.2, 0.25) is 0 Å². The summed E-state index contributed by atoms with van der Waals surface area (Å²) < 4.78 is 0. The molecule has 0 aliphatic carbocycles. The van der Waals surface area contributed by atoms with Crippen molar-refractivity contribution in [1.29, 1.82) is 0 Å². The zero-order valence-electron chi connectivity index (χ0n) is 12.4. The molecule has 0 amide bonds. The van der Waals surface area contributed by atoms with Crippen LogP contribution in [0.25, 0.3) is 0 Å². The lowest BCUT2D eigenvalue weighted by Gasteiger charge is -2.09. The molecule has 0 atom stereocenters. The minimum atomic E-state index is 0.142. The molecule has 3 aromatic rings. The second-order valence-corrected chi connectivity index (χ2v) is 5.43. The molecule has 4 N–H and O–H groups in total. The second kappa shape index (κ2) is 5.21. The normalized spacial score (nSPS) is 12.8. The van der Waals surface area contributed by atoms with Gasteiger partial charge in [0.2, 0.25) is 5.95 Å². The Morgan fingerprint density at radius 1 is 0.826 bits per heavy atom. The minimum absolute atomic E-state index is 0.142. The van der Waals surface area contributed by atoms with Gasteiger partial charge in [0.05, 0.1) is 5.71 Å². The SMILES string of the molecule is Nc1nc(N)c2c(n1)N=C(c1ccccc1)c1ccccc1C2. The van der Waals surface area contributed by atoms with Gasteiger partial charge in [-0.1, -0.05) is 54.6 Å². The van der Waals surface area contributed by atoms with Gasteiger partial charge in [0, 0.05) is 23.1 Å². The van der Waals surface area contributed by atoms with Crippen molar-refractivity contribution >= 4 is 23.3 Å². The van der Waals surface area contributed by atoms with E-state index in [1.54, 1.807) is 0 Å². The quantitative estimate of drug-likeness (QED) is 0.565. The lowest BCUT2D eigenvalue weighted by Crippen LogP contribution is -2.05. The van der Waals surface area contributed by atoms with E-state index >= 15 is 0 Å². The molecule has 5 nitrogen and oxygen atoms in total. The van der Waals surface area contributed by atoms with E-state index in [0.29, 0.717) is 18.1 Å². The maximum Gasteiger partial charge on any atom is 0.224 e. The Bertz CT molecular complexity index is 916. The van der Waals surface area contributed by atoms with Crippen molar-refractivity contribution in [2.75, 3.05) is 11.5 Å². The highest BCUT2D eigenvalue weighted by Gasteiger charge is 2.21. The molecule has 4 rings (SSSR count). The van der Waals surface area contributed by atoms with E-state index in [0.717, 1.165) is 28.0 Å². The lowest BCUT2D eigenvalue weighted by molar-refractivity contribution is 1.09. The van der Waals surface area contributed by atoms with Crippen molar-refractivity contribution in [2.24, 2.45) is 4.99 Å². The Morgan fingerprint density at radius 2 is 1.57 bits per heavy atom. The van der Waals surface area contributed by atoms with Gasteiger partial charge in [-0.05, 0) is 5.56 Å². The predicted molar refractivity (Wildman–Crippen MR) is 91.8 cm³/mol. The van der Waals surface area contributed by atoms with Crippen LogP contribution in [0, 0.1) is 0 Å². The molecule has 1 aliphatic rings. The molecule has 2 aromatic carbocycles. The van der Waals surface area contributed by atoms with Crippen LogP contribution in [0.15, 0.2) is 59.6 Å². The summed E-state index contributed by atoms with van der Waals surface area (Å²) in [6, 6.07) is 18.2. The fourth-order valence-corrected chi connectivity index (χ4v) is 2.85. The van der Waals surface area contributed by atoms with Gasteiger partial charge < -0.3 is 11.5 Å². The molecule has 0 fully saturated rings. The van der Waals surface area contributed by atoms with E-state index in [1.165, 1.54) is 0 Å². The van der Waals surface area contributed by atoms with Crippen LogP contribution in [0.1, 0.15) is 22.3 Å². The molecular weight excluding hydrogens is 286 g/mol. The molecule has 112 valence electrons. The third-order valence-electron chi connectivity index (χ3n) is 3.94. The fraction of sp³-hybridized carbons (Fsp3) is 0.0556. The maximum absolute atomic E-state index is 6.05. The van der Waals surface area contributed by atoms with E-state index in [9.17, 15) is 0 Å². The first kappa shape index (κ1) is 13.5. The largest absolute Gasteiger partial charge is 0.383 e. The molecule has 0 saturated carbocycles. The zero-order chi connectivity index (χ0) is 15.8. The van der Waals surface area contributed by atoms with Gasteiger partial charge in [0.25, 0.3) is 0 Å². The van der Waals surface area contributed by atoms with E-state index in [2.05, 4.69) is 22.1 Å². The summed E-state index contributed by atoms with van der Waals surface area (Å²) in [5.41, 5.74) is 16.8. The zero-order valence-corrected chi connectivity index (χ0v) is 12.4. The van der Waals surface area contributed by atoms with E-state index in [4.69, 9.17) is 16.5 Å². The highest BCUT2D eigenvalue weighted by Crippen LogP contribution is 2.32. The molecule has 2 heterocycles. The highest BCUT2D eigenvalue weighted by atomic mass is 15.1. The number of aromatic nitrogens is 2. The third-order valence-corrected chi connectivity index (χ3v) is 3.94. The Kier molecular flexibility index (Phi) is 3.05. The van der Waals surface area contributed by atoms with Gasteiger partial charge in [0.15, 0.2) is 5.82 Å². The summed E-state index contributed by atoms with van der Waals surface area (Å²) in [7, 11) is 0. The van der Waals surface area contributed by atoms with Crippen molar-refractivity contribution in [3.05, 3.63) is 76.9 Å². The fourth-order valence-electron chi connectivity index (χ4n) is 2.85. The van der Waals surface area contributed by atoms with Crippen molar-refractivity contribution in [3.8, 4) is 0 Å². The third kappa shape index (κ3) is 2.32. The summed E-state index contributed by atoms with van der Waals surface area (Å²) in [5.74, 6) is 1.08. The number of aliphatic imine (C=N–C) groups is 1. The maximum atomic E-state index is 6.05. The standard InChI is InChI=1S/C18H15N5/c19-16-14-10-12-8-4-5-9-13(12)15(11-6-2-1-3-7-11)21-17(14)23-18(20)22-16/h1-9H,10H2,(H4,19,20,22,23). The molecule has 0 unspecified atom stereocenters. The predicted octanol–water partition coefficient (Wildman–Crippen LogP) is 2.71. The first-order valence-electron chi connectivity index (χ1n) is 7.36. The van der Waals surface area contributed by atoms with Crippen LogP contribution >= 0.6 is 0 Å². The second-order valence-electron chi connectivity index (χ2n) is 5.43. The van der Waals surface area contributed by atoms with Gasteiger partial charge in [-0.2, -0.15) is 9.97 Å². The number of rotatable bonds is 1. The van der Waals surface area contributed by atoms with Crippen molar-refractivity contribution in [2.45, 2.75) is 6.42 Å². The van der Waals surface area contributed by atoms with Crippen LogP contribution in [0.5, 0.6) is 0 Å². The number of nitrogen functional groups attached to an aromatic ring is 2. The molecule has 5 heteroatoms. The summed E-state index contributed by atoms with van der Waals surface area (Å²) in [6.45, 7) is 0. The summed E-state index contributed by atoms with van der Waals surface area (Å²) in [4.78, 5) is 13.1. The monoisotopic (exact) mass is 301 g/mol. The molecule has 0 spiro atoms. The van der Waals surface area contributed by atoms with E-state index in [-0.39, 0.29) is 5.95 Å². The van der Waals surface area contributed by atoms with Gasteiger partial charge >= 0.3 is 0 Å². The highest BCUT2D eigenvalue weighted by molar-refractivity contribution is 6.15. The number of benzene rings is 2. The smallest absolute Gasteiger partial charge is 0.224 e. The Labute approximate surface area is 133 Å². The van der Waals surface area contributed by atoms with Gasteiger partial charge in [-0.25, -0.2) is 4.99 Å². The number of nitrogens with two attached hydrogens (primary N) is 2. The Balaban J connectivity index is 2.03. The van der Waals surface area contributed by atoms with Gasteiger partial charge in [-0.15, -0.1) is 0 Å². The molecule has 1 aliphatic heterocycles. The molecule has 0 bridgehead atoms. The molecule has 0 radical (unpaired) electrons. The van der Waals surface area contributed by atoms with Gasteiger partial charge in [0.1, 0.15) is 5.82 Å². The number of nitrogens with zero attached hydrogens (tertiary/aromatic N) is 3. The summed E-state index contributed by atoms with van der Waals surface area (Å²) in [5, 5.41) is 0. The van der Waals surface area contributed by atoms with E-state index < -0.39 is 0 Å².